The van der Waals surface area contributed by atoms with Gasteiger partial charge in [-0.25, -0.2) is 14.0 Å². The van der Waals surface area contributed by atoms with Crippen LogP contribution in [0.1, 0.15) is 22.3 Å². The fourth-order valence-electron chi connectivity index (χ4n) is 4.25. The van der Waals surface area contributed by atoms with E-state index >= 15 is 0 Å². The Labute approximate surface area is 208 Å². The van der Waals surface area contributed by atoms with Crippen molar-refractivity contribution >= 4 is 18.0 Å². The van der Waals surface area contributed by atoms with Crippen molar-refractivity contribution in [1.82, 2.24) is 10.2 Å². The van der Waals surface area contributed by atoms with Crippen LogP contribution in [-0.2, 0) is 45.1 Å². The molecule has 36 heavy (non-hydrogen) atoms. The van der Waals surface area contributed by atoms with Gasteiger partial charge in [0.25, 0.3) is 0 Å². The number of benzene rings is 3. The summed E-state index contributed by atoms with van der Waals surface area (Å²) >= 11 is 0. The van der Waals surface area contributed by atoms with Crippen molar-refractivity contribution in [3.05, 3.63) is 107 Å². The smallest absolute Gasteiger partial charge is 0.411 e. The quantitative estimate of drug-likeness (QED) is 0.510. The summed E-state index contributed by atoms with van der Waals surface area (Å²) < 4.78 is 24.1. The minimum absolute atomic E-state index is 0.0396. The van der Waals surface area contributed by atoms with E-state index in [2.05, 4.69) is 5.32 Å². The van der Waals surface area contributed by atoms with Gasteiger partial charge in [0.2, 0.25) is 5.91 Å². The molecule has 1 aliphatic rings. The molecule has 2 amide bonds. The molecule has 0 aromatic heterocycles. The first-order valence-electron chi connectivity index (χ1n) is 11.6. The fourth-order valence-corrected chi connectivity index (χ4v) is 4.25. The van der Waals surface area contributed by atoms with Crippen LogP contribution in [0.4, 0.5) is 9.18 Å². The third-order valence-electron chi connectivity index (χ3n) is 6.12. The maximum atomic E-state index is 13.7. The number of halogens is 1. The summed E-state index contributed by atoms with van der Waals surface area (Å²) in [6, 6.07) is 20.7. The second kappa shape index (κ2) is 11.5. The number of rotatable bonds is 7. The highest BCUT2D eigenvalue weighted by Gasteiger charge is 2.37. The molecule has 2 atom stereocenters. The lowest BCUT2D eigenvalue weighted by Crippen LogP contribution is -2.56. The molecule has 4 rings (SSSR count). The second-order valence-corrected chi connectivity index (χ2v) is 8.58. The highest BCUT2D eigenvalue weighted by Crippen LogP contribution is 2.25. The monoisotopic (exact) mass is 490 g/mol. The molecule has 1 heterocycles. The number of fused-ring (bicyclic) bond motifs is 1. The van der Waals surface area contributed by atoms with Crippen LogP contribution in [0.2, 0.25) is 0 Å². The summed E-state index contributed by atoms with van der Waals surface area (Å²) in [5.74, 6) is -1.63. The maximum Gasteiger partial charge on any atom is 0.411 e. The van der Waals surface area contributed by atoms with E-state index in [-0.39, 0.29) is 26.0 Å². The van der Waals surface area contributed by atoms with E-state index in [0.29, 0.717) is 5.56 Å². The molecular weight excluding hydrogens is 463 g/mol. The van der Waals surface area contributed by atoms with Gasteiger partial charge < -0.3 is 14.8 Å². The number of nitrogens with zero attached hydrogens (tertiary/aromatic N) is 1. The molecule has 8 heteroatoms. The first-order chi connectivity index (χ1) is 17.4. The first kappa shape index (κ1) is 24.9. The minimum atomic E-state index is -1.05. The molecular formula is C28H27FN2O5. The fraction of sp³-hybridized carbons (Fsp3) is 0.250. The number of amides is 2. The number of esters is 1. The molecule has 0 aliphatic carbocycles. The molecule has 0 saturated heterocycles. The van der Waals surface area contributed by atoms with Crippen LogP contribution in [0.15, 0.2) is 78.9 Å². The Morgan fingerprint density at radius 3 is 2.39 bits per heavy atom. The van der Waals surface area contributed by atoms with Crippen LogP contribution in [-0.4, -0.2) is 42.1 Å². The zero-order valence-corrected chi connectivity index (χ0v) is 19.9. The van der Waals surface area contributed by atoms with E-state index in [0.717, 1.165) is 16.7 Å². The lowest BCUT2D eigenvalue weighted by molar-refractivity contribution is -0.145. The first-order valence-corrected chi connectivity index (χ1v) is 11.6. The Morgan fingerprint density at radius 1 is 0.972 bits per heavy atom. The summed E-state index contributed by atoms with van der Waals surface area (Å²) in [6.07, 6.45) is -0.331. The van der Waals surface area contributed by atoms with Gasteiger partial charge >= 0.3 is 12.1 Å². The van der Waals surface area contributed by atoms with Gasteiger partial charge in [0, 0.05) is 12.8 Å². The van der Waals surface area contributed by atoms with E-state index in [4.69, 9.17) is 9.47 Å². The number of hydrogen-bond acceptors (Lipinski definition) is 5. The van der Waals surface area contributed by atoms with Gasteiger partial charge in [0.15, 0.2) is 0 Å². The Bertz CT molecular complexity index is 1230. The zero-order chi connectivity index (χ0) is 25.5. The molecule has 186 valence electrons. The van der Waals surface area contributed by atoms with Gasteiger partial charge in [0.05, 0.1) is 13.7 Å². The number of carbonyl (C=O) groups is 3. The third kappa shape index (κ3) is 6.07. The van der Waals surface area contributed by atoms with E-state index in [1.54, 1.807) is 6.07 Å². The standard InChI is InChI=1S/C28H27FN2O5/c1-35-27(33)24(15-20-10-7-13-23(29)14-20)30-26(32)25-16-21-11-5-6-12-22(21)17-31(25)28(34)36-18-19-8-3-2-4-9-19/h2-14,24-25H,15-18H2,1H3,(H,30,32)/t24-,25+/m1/s1. The van der Waals surface area contributed by atoms with Gasteiger partial charge in [-0.1, -0.05) is 66.7 Å². The Morgan fingerprint density at radius 2 is 1.67 bits per heavy atom. The summed E-state index contributed by atoms with van der Waals surface area (Å²) in [5, 5.41) is 2.71. The van der Waals surface area contributed by atoms with Crippen LogP contribution in [0.5, 0.6) is 0 Å². The second-order valence-electron chi connectivity index (χ2n) is 8.58. The van der Waals surface area contributed by atoms with Gasteiger partial charge in [-0.05, 0) is 34.4 Å². The number of carbonyl (C=O) groups excluding carboxylic acids is 3. The van der Waals surface area contributed by atoms with Crippen LogP contribution in [0, 0.1) is 5.82 Å². The Balaban J connectivity index is 1.53. The number of hydrogen-bond donors (Lipinski definition) is 1. The highest BCUT2D eigenvalue weighted by molar-refractivity contribution is 5.90. The van der Waals surface area contributed by atoms with Crippen LogP contribution >= 0.6 is 0 Å². The van der Waals surface area contributed by atoms with Crippen molar-refractivity contribution in [2.45, 2.75) is 38.1 Å². The van der Waals surface area contributed by atoms with Gasteiger partial charge in [0.1, 0.15) is 24.5 Å². The van der Waals surface area contributed by atoms with Crippen molar-refractivity contribution < 1.29 is 28.2 Å². The maximum absolute atomic E-state index is 13.7. The Kier molecular flexibility index (Phi) is 7.95. The Hall–Kier alpha value is -4.20. The molecule has 3 aromatic carbocycles. The SMILES string of the molecule is COC(=O)[C@@H](Cc1cccc(F)c1)NC(=O)[C@@H]1Cc2ccccc2CN1C(=O)OCc1ccccc1. The average molecular weight is 491 g/mol. The van der Waals surface area contributed by atoms with E-state index < -0.39 is 35.9 Å². The van der Waals surface area contributed by atoms with Crippen molar-refractivity contribution in [3.63, 3.8) is 0 Å². The third-order valence-corrected chi connectivity index (χ3v) is 6.12. The van der Waals surface area contributed by atoms with Gasteiger partial charge in [-0.15, -0.1) is 0 Å². The molecule has 3 aromatic rings. The summed E-state index contributed by atoms with van der Waals surface area (Å²) in [5.41, 5.74) is 3.20. The highest BCUT2D eigenvalue weighted by atomic mass is 19.1. The lowest BCUT2D eigenvalue weighted by atomic mass is 9.93. The molecule has 1 aliphatic heterocycles. The molecule has 1 N–H and O–H groups in total. The average Bonchev–Trinajstić information content (AvgIpc) is 2.90. The van der Waals surface area contributed by atoms with Gasteiger partial charge in [-0.3, -0.25) is 9.69 Å². The number of ether oxygens (including phenoxy) is 2. The number of methoxy groups -OCH3 is 1. The van der Waals surface area contributed by atoms with Crippen molar-refractivity contribution in [1.29, 1.82) is 0 Å². The van der Waals surface area contributed by atoms with Crippen LogP contribution < -0.4 is 5.32 Å². The molecule has 0 saturated carbocycles. The summed E-state index contributed by atoms with van der Waals surface area (Å²) in [4.78, 5) is 40.4. The molecule has 0 bridgehead atoms. The lowest BCUT2D eigenvalue weighted by Gasteiger charge is -2.35. The normalized spacial score (nSPS) is 15.4. The topological polar surface area (TPSA) is 84.9 Å². The largest absolute Gasteiger partial charge is 0.467 e. The van der Waals surface area contributed by atoms with Crippen LogP contribution in [0.25, 0.3) is 0 Å². The predicted octanol–water partition coefficient (Wildman–Crippen LogP) is 3.79. The molecule has 0 radical (unpaired) electrons. The minimum Gasteiger partial charge on any atom is -0.467 e. The number of nitrogens with one attached hydrogen (secondary N) is 1. The van der Waals surface area contributed by atoms with E-state index in [9.17, 15) is 18.8 Å². The molecule has 7 nitrogen and oxygen atoms in total. The zero-order valence-electron chi connectivity index (χ0n) is 19.9. The predicted molar refractivity (Wildman–Crippen MR) is 130 cm³/mol. The van der Waals surface area contributed by atoms with Crippen molar-refractivity contribution in [2.75, 3.05) is 7.11 Å². The van der Waals surface area contributed by atoms with Crippen LogP contribution in [0.3, 0.4) is 0 Å². The summed E-state index contributed by atoms with van der Waals surface area (Å²) in [6.45, 7) is 0.255. The molecule has 0 fully saturated rings. The molecule has 0 unspecified atom stereocenters. The summed E-state index contributed by atoms with van der Waals surface area (Å²) in [7, 11) is 1.22. The van der Waals surface area contributed by atoms with Crippen molar-refractivity contribution in [2.24, 2.45) is 0 Å². The van der Waals surface area contributed by atoms with Gasteiger partial charge in [-0.2, -0.15) is 0 Å². The van der Waals surface area contributed by atoms with E-state index in [1.165, 1.54) is 30.2 Å². The van der Waals surface area contributed by atoms with E-state index in [1.807, 2.05) is 54.6 Å². The van der Waals surface area contributed by atoms with Crippen molar-refractivity contribution in [3.8, 4) is 0 Å². The molecule has 0 spiro atoms.